The molecule has 0 saturated carbocycles. The summed E-state index contributed by atoms with van der Waals surface area (Å²) in [7, 11) is 0. The zero-order valence-corrected chi connectivity index (χ0v) is 8.54. The summed E-state index contributed by atoms with van der Waals surface area (Å²) in [6.45, 7) is 5.02. The van der Waals surface area contributed by atoms with Crippen LogP contribution in [0.4, 0.5) is 0 Å². The number of carbonyl (C=O) groups is 1. The van der Waals surface area contributed by atoms with Gasteiger partial charge in [0.15, 0.2) is 0 Å². The average Bonchev–Trinajstić information content (AvgIpc) is 2.82. The first-order valence-electron chi connectivity index (χ1n) is 5.06. The first-order chi connectivity index (χ1) is 7.31. The van der Waals surface area contributed by atoms with Crippen LogP contribution in [-0.4, -0.2) is 38.7 Å². The monoisotopic (exact) mass is 206 g/mol. The fraction of sp³-hybridized carbons (Fsp3) is 0.500. The minimum Gasteiger partial charge on any atom is -0.337 e. The van der Waals surface area contributed by atoms with Gasteiger partial charge in [-0.2, -0.15) is 5.10 Å². The van der Waals surface area contributed by atoms with Crippen LogP contribution in [0.2, 0.25) is 0 Å². The molecule has 80 valence electrons. The van der Waals surface area contributed by atoms with Gasteiger partial charge in [0.1, 0.15) is 12.7 Å². The van der Waals surface area contributed by atoms with E-state index in [4.69, 9.17) is 0 Å². The number of hydrogen-bond acceptors (Lipinski definition) is 3. The molecule has 0 N–H and O–H groups in total. The van der Waals surface area contributed by atoms with E-state index in [1.807, 2.05) is 9.58 Å². The van der Waals surface area contributed by atoms with Crippen LogP contribution in [0.25, 0.3) is 0 Å². The first kappa shape index (κ1) is 9.89. The standard InChI is InChI=1S/C10H14N4O/c1-2-10(15)13-5-3-4-9(6-13)14-8-11-7-12-14/h2,7-9H,1,3-6H2. The number of carbonyl (C=O) groups excluding carboxylic acids is 1. The van der Waals surface area contributed by atoms with Crippen molar-refractivity contribution in [2.24, 2.45) is 0 Å². The number of likely N-dealkylation sites (tertiary alicyclic amines) is 1. The average molecular weight is 206 g/mol. The lowest BCUT2D eigenvalue weighted by molar-refractivity contribution is -0.127. The van der Waals surface area contributed by atoms with E-state index < -0.39 is 0 Å². The molecular weight excluding hydrogens is 192 g/mol. The quantitative estimate of drug-likeness (QED) is 0.667. The molecule has 0 radical (unpaired) electrons. The van der Waals surface area contributed by atoms with E-state index in [1.165, 1.54) is 12.4 Å². The summed E-state index contributed by atoms with van der Waals surface area (Å²) in [5, 5.41) is 4.10. The molecule has 0 spiro atoms. The Morgan fingerprint density at radius 3 is 3.13 bits per heavy atom. The van der Waals surface area contributed by atoms with Gasteiger partial charge in [-0.05, 0) is 18.9 Å². The van der Waals surface area contributed by atoms with Gasteiger partial charge in [-0.15, -0.1) is 0 Å². The van der Waals surface area contributed by atoms with Crippen molar-refractivity contribution in [3.05, 3.63) is 25.3 Å². The lowest BCUT2D eigenvalue weighted by Gasteiger charge is -2.31. The lowest BCUT2D eigenvalue weighted by atomic mass is 10.1. The third kappa shape index (κ3) is 2.06. The SMILES string of the molecule is C=CC(=O)N1CCCC(n2cncn2)C1. The van der Waals surface area contributed by atoms with Gasteiger partial charge in [0.25, 0.3) is 0 Å². The van der Waals surface area contributed by atoms with E-state index in [9.17, 15) is 4.79 Å². The molecule has 1 amide bonds. The fourth-order valence-corrected chi connectivity index (χ4v) is 1.91. The van der Waals surface area contributed by atoms with Crippen molar-refractivity contribution in [2.75, 3.05) is 13.1 Å². The molecule has 0 aliphatic carbocycles. The summed E-state index contributed by atoms with van der Waals surface area (Å²) >= 11 is 0. The van der Waals surface area contributed by atoms with E-state index in [1.54, 1.807) is 6.33 Å². The van der Waals surface area contributed by atoms with Crippen molar-refractivity contribution in [3.8, 4) is 0 Å². The van der Waals surface area contributed by atoms with Crippen LogP contribution >= 0.6 is 0 Å². The lowest BCUT2D eigenvalue weighted by Crippen LogP contribution is -2.39. The second kappa shape index (κ2) is 4.25. The summed E-state index contributed by atoms with van der Waals surface area (Å²) in [6, 6.07) is 0.255. The number of amides is 1. The van der Waals surface area contributed by atoms with Crippen LogP contribution in [0.15, 0.2) is 25.3 Å². The maximum atomic E-state index is 11.4. The van der Waals surface area contributed by atoms with Crippen LogP contribution in [0.5, 0.6) is 0 Å². The molecule has 2 rings (SSSR count). The Morgan fingerprint density at radius 2 is 2.47 bits per heavy atom. The number of rotatable bonds is 2. The highest BCUT2D eigenvalue weighted by molar-refractivity contribution is 5.87. The van der Waals surface area contributed by atoms with Crippen LogP contribution in [-0.2, 0) is 4.79 Å². The number of aromatic nitrogens is 3. The number of piperidine rings is 1. The molecular formula is C10H14N4O. The molecule has 0 bridgehead atoms. The van der Waals surface area contributed by atoms with E-state index in [-0.39, 0.29) is 11.9 Å². The Morgan fingerprint density at radius 1 is 1.60 bits per heavy atom. The molecule has 1 aliphatic heterocycles. The second-order valence-corrected chi connectivity index (χ2v) is 3.66. The van der Waals surface area contributed by atoms with E-state index >= 15 is 0 Å². The van der Waals surface area contributed by atoms with Gasteiger partial charge in [0.05, 0.1) is 6.04 Å². The maximum absolute atomic E-state index is 11.4. The van der Waals surface area contributed by atoms with Gasteiger partial charge in [0, 0.05) is 13.1 Å². The number of hydrogen-bond donors (Lipinski definition) is 0. The molecule has 1 aromatic rings. The van der Waals surface area contributed by atoms with Crippen molar-refractivity contribution in [2.45, 2.75) is 18.9 Å². The highest BCUT2D eigenvalue weighted by Crippen LogP contribution is 2.20. The molecule has 1 fully saturated rings. The predicted molar refractivity (Wildman–Crippen MR) is 55.1 cm³/mol. The van der Waals surface area contributed by atoms with E-state index in [0.29, 0.717) is 6.54 Å². The van der Waals surface area contributed by atoms with Gasteiger partial charge < -0.3 is 4.90 Å². The summed E-state index contributed by atoms with van der Waals surface area (Å²) in [4.78, 5) is 17.2. The van der Waals surface area contributed by atoms with Crippen molar-refractivity contribution in [3.63, 3.8) is 0 Å². The van der Waals surface area contributed by atoms with Crippen LogP contribution in [0, 0.1) is 0 Å². The van der Waals surface area contributed by atoms with Gasteiger partial charge in [-0.3, -0.25) is 4.79 Å². The third-order valence-electron chi connectivity index (χ3n) is 2.69. The van der Waals surface area contributed by atoms with Crippen molar-refractivity contribution < 1.29 is 4.79 Å². The topological polar surface area (TPSA) is 51.0 Å². The van der Waals surface area contributed by atoms with Gasteiger partial charge in [-0.25, -0.2) is 9.67 Å². The second-order valence-electron chi connectivity index (χ2n) is 3.66. The Bertz CT molecular complexity index is 346. The summed E-state index contributed by atoms with van der Waals surface area (Å²) < 4.78 is 1.82. The van der Waals surface area contributed by atoms with E-state index in [2.05, 4.69) is 16.7 Å². The Labute approximate surface area is 88.4 Å². The smallest absolute Gasteiger partial charge is 0.246 e. The minimum atomic E-state index is -0.000171. The first-order valence-corrected chi connectivity index (χ1v) is 5.06. The van der Waals surface area contributed by atoms with E-state index in [0.717, 1.165) is 19.4 Å². The van der Waals surface area contributed by atoms with Gasteiger partial charge in [-0.1, -0.05) is 6.58 Å². The molecule has 2 heterocycles. The Balaban J connectivity index is 2.04. The molecule has 5 nitrogen and oxygen atoms in total. The largest absolute Gasteiger partial charge is 0.337 e. The zero-order chi connectivity index (χ0) is 10.7. The minimum absolute atomic E-state index is 0.000171. The zero-order valence-electron chi connectivity index (χ0n) is 8.54. The van der Waals surface area contributed by atoms with Gasteiger partial charge in [0.2, 0.25) is 5.91 Å². The molecule has 1 saturated heterocycles. The summed E-state index contributed by atoms with van der Waals surface area (Å²) in [5.74, 6) is -0.000171. The molecule has 0 aromatic carbocycles. The van der Waals surface area contributed by atoms with Gasteiger partial charge >= 0.3 is 0 Å². The maximum Gasteiger partial charge on any atom is 0.246 e. The van der Waals surface area contributed by atoms with Crippen LogP contribution < -0.4 is 0 Å². The number of nitrogens with zero attached hydrogens (tertiary/aromatic N) is 4. The predicted octanol–water partition coefficient (Wildman–Crippen LogP) is 0.628. The Kier molecular flexibility index (Phi) is 2.80. The highest BCUT2D eigenvalue weighted by atomic mass is 16.2. The summed E-state index contributed by atoms with van der Waals surface area (Å²) in [5.41, 5.74) is 0. The van der Waals surface area contributed by atoms with Crippen molar-refractivity contribution >= 4 is 5.91 Å². The molecule has 1 aliphatic rings. The third-order valence-corrected chi connectivity index (χ3v) is 2.69. The molecule has 5 heteroatoms. The molecule has 15 heavy (non-hydrogen) atoms. The molecule has 1 atom stereocenters. The highest BCUT2D eigenvalue weighted by Gasteiger charge is 2.23. The van der Waals surface area contributed by atoms with Crippen LogP contribution in [0.1, 0.15) is 18.9 Å². The van der Waals surface area contributed by atoms with Crippen molar-refractivity contribution in [1.29, 1.82) is 0 Å². The fourth-order valence-electron chi connectivity index (χ4n) is 1.91. The van der Waals surface area contributed by atoms with Crippen LogP contribution in [0.3, 0.4) is 0 Å². The Hall–Kier alpha value is -1.65. The van der Waals surface area contributed by atoms with Crippen molar-refractivity contribution in [1.82, 2.24) is 19.7 Å². The molecule has 1 unspecified atom stereocenters. The summed E-state index contributed by atoms with van der Waals surface area (Å²) in [6.07, 6.45) is 6.64. The normalized spacial score (nSPS) is 21.3. The molecule has 1 aromatic heterocycles.